The molecule has 0 heterocycles. The van der Waals surface area contributed by atoms with Crippen LogP contribution in [0.4, 0.5) is 0 Å². The highest BCUT2D eigenvalue weighted by atomic mass is 16.1. The summed E-state index contributed by atoms with van der Waals surface area (Å²) >= 11 is 0. The lowest BCUT2D eigenvalue weighted by Gasteiger charge is -2.24. The van der Waals surface area contributed by atoms with E-state index in [0.717, 1.165) is 19.3 Å². The van der Waals surface area contributed by atoms with Gasteiger partial charge in [0, 0.05) is 11.6 Å². The second-order valence-corrected chi connectivity index (χ2v) is 4.70. The summed E-state index contributed by atoms with van der Waals surface area (Å²) in [6, 6.07) is -0.113. The minimum atomic E-state index is -0.113. The standard InChI is InChI=1S/C13H26N2O/c1-6-8-11(7-2)13(16)15-12(9(3)4)10(5)14/h9,11-12H,5-8,14H2,1-4H3,(H,15,16). The molecular weight excluding hydrogens is 200 g/mol. The number of carbonyl (C=O) groups excluding carboxylic acids is 1. The van der Waals surface area contributed by atoms with Crippen molar-refractivity contribution >= 4 is 5.91 Å². The summed E-state index contributed by atoms with van der Waals surface area (Å²) in [5.74, 6) is 0.487. The van der Waals surface area contributed by atoms with Crippen LogP contribution in [-0.2, 0) is 4.79 Å². The van der Waals surface area contributed by atoms with Crippen molar-refractivity contribution in [3.05, 3.63) is 12.3 Å². The van der Waals surface area contributed by atoms with E-state index in [-0.39, 0.29) is 23.8 Å². The Balaban J connectivity index is 4.43. The Morgan fingerprint density at radius 2 is 1.94 bits per heavy atom. The van der Waals surface area contributed by atoms with Crippen molar-refractivity contribution in [2.45, 2.75) is 53.0 Å². The van der Waals surface area contributed by atoms with Crippen LogP contribution in [0.25, 0.3) is 0 Å². The molecule has 0 aromatic rings. The quantitative estimate of drug-likeness (QED) is 0.700. The number of amides is 1. The molecule has 0 bridgehead atoms. The van der Waals surface area contributed by atoms with Gasteiger partial charge in [0.05, 0.1) is 6.04 Å². The predicted molar refractivity (Wildman–Crippen MR) is 68.8 cm³/mol. The summed E-state index contributed by atoms with van der Waals surface area (Å²) in [4.78, 5) is 12.0. The SMILES string of the molecule is C=C(N)C(NC(=O)C(CC)CCC)C(C)C. The summed E-state index contributed by atoms with van der Waals surface area (Å²) in [6.45, 7) is 11.9. The van der Waals surface area contributed by atoms with Gasteiger partial charge in [-0.1, -0.05) is 40.7 Å². The van der Waals surface area contributed by atoms with Crippen LogP contribution in [0, 0.1) is 11.8 Å². The fraction of sp³-hybridized carbons (Fsp3) is 0.769. The zero-order valence-electron chi connectivity index (χ0n) is 11.0. The predicted octanol–water partition coefficient (Wildman–Crippen LogP) is 2.43. The lowest BCUT2D eigenvalue weighted by Crippen LogP contribution is -2.44. The van der Waals surface area contributed by atoms with E-state index in [0.29, 0.717) is 5.70 Å². The van der Waals surface area contributed by atoms with Crippen LogP contribution in [0.1, 0.15) is 47.0 Å². The topological polar surface area (TPSA) is 55.1 Å². The maximum atomic E-state index is 12.0. The molecule has 0 aromatic heterocycles. The van der Waals surface area contributed by atoms with Gasteiger partial charge in [-0.2, -0.15) is 0 Å². The smallest absolute Gasteiger partial charge is 0.223 e. The number of rotatable bonds is 7. The lowest BCUT2D eigenvalue weighted by molar-refractivity contribution is -0.126. The van der Waals surface area contributed by atoms with Crippen molar-refractivity contribution in [1.29, 1.82) is 0 Å². The first kappa shape index (κ1) is 15.0. The lowest BCUT2D eigenvalue weighted by atomic mass is 9.97. The largest absolute Gasteiger partial charge is 0.401 e. The molecule has 0 aliphatic carbocycles. The van der Waals surface area contributed by atoms with Gasteiger partial charge < -0.3 is 11.1 Å². The Kier molecular flexibility index (Phi) is 6.86. The summed E-state index contributed by atoms with van der Waals surface area (Å²) in [6.07, 6.45) is 2.84. The third kappa shape index (κ3) is 4.69. The molecule has 2 unspecified atom stereocenters. The molecule has 0 saturated heterocycles. The van der Waals surface area contributed by atoms with E-state index in [1.807, 2.05) is 20.8 Å². The first-order chi connectivity index (χ1) is 7.43. The Labute approximate surface area is 99.5 Å². The number of nitrogens with one attached hydrogen (secondary N) is 1. The molecule has 2 atom stereocenters. The maximum Gasteiger partial charge on any atom is 0.223 e. The monoisotopic (exact) mass is 226 g/mol. The molecule has 0 rings (SSSR count). The van der Waals surface area contributed by atoms with Crippen molar-refractivity contribution in [3.8, 4) is 0 Å². The van der Waals surface area contributed by atoms with Gasteiger partial charge in [-0.15, -0.1) is 0 Å². The number of nitrogens with two attached hydrogens (primary N) is 1. The average molecular weight is 226 g/mol. The molecule has 3 heteroatoms. The molecular formula is C13H26N2O. The number of carbonyl (C=O) groups is 1. The number of hydrogen-bond acceptors (Lipinski definition) is 2. The van der Waals surface area contributed by atoms with Crippen LogP contribution >= 0.6 is 0 Å². The molecule has 0 aliphatic heterocycles. The molecule has 3 nitrogen and oxygen atoms in total. The van der Waals surface area contributed by atoms with Gasteiger partial charge in [-0.3, -0.25) is 4.79 Å². The van der Waals surface area contributed by atoms with Gasteiger partial charge in [-0.05, 0) is 18.8 Å². The van der Waals surface area contributed by atoms with Crippen LogP contribution in [0.15, 0.2) is 12.3 Å². The van der Waals surface area contributed by atoms with Gasteiger partial charge in [0.1, 0.15) is 0 Å². The summed E-state index contributed by atoms with van der Waals surface area (Å²) in [5.41, 5.74) is 6.23. The van der Waals surface area contributed by atoms with Gasteiger partial charge in [0.2, 0.25) is 5.91 Å². The first-order valence-electron chi connectivity index (χ1n) is 6.18. The van der Waals surface area contributed by atoms with Gasteiger partial charge in [0.25, 0.3) is 0 Å². The summed E-state index contributed by atoms with van der Waals surface area (Å²) in [5, 5.41) is 2.99. The highest BCUT2D eigenvalue weighted by Gasteiger charge is 2.22. The minimum Gasteiger partial charge on any atom is -0.401 e. The van der Waals surface area contributed by atoms with E-state index in [9.17, 15) is 4.79 Å². The van der Waals surface area contributed by atoms with Crippen LogP contribution in [0.2, 0.25) is 0 Å². The fourth-order valence-corrected chi connectivity index (χ4v) is 1.83. The molecule has 16 heavy (non-hydrogen) atoms. The maximum absolute atomic E-state index is 12.0. The van der Waals surface area contributed by atoms with E-state index in [4.69, 9.17) is 5.73 Å². The molecule has 94 valence electrons. The third-order valence-corrected chi connectivity index (χ3v) is 2.86. The third-order valence-electron chi connectivity index (χ3n) is 2.86. The van der Waals surface area contributed by atoms with Crippen molar-refractivity contribution in [2.24, 2.45) is 17.6 Å². The van der Waals surface area contributed by atoms with Crippen LogP contribution in [0.3, 0.4) is 0 Å². The van der Waals surface area contributed by atoms with Gasteiger partial charge in [-0.25, -0.2) is 0 Å². The van der Waals surface area contributed by atoms with E-state index in [2.05, 4.69) is 18.8 Å². The van der Waals surface area contributed by atoms with Gasteiger partial charge >= 0.3 is 0 Å². The highest BCUT2D eigenvalue weighted by Crippen LogP contribution is 2.13. The van der Waals surface area contributed by atoms with E-state index < -0.39 is 0 Å². The fourth-order valence-electron chi connectivity index (χ4n) is 1.83. The Morgan fingerprint density at radius 3 is 2.25 bits per heavy atom. The summed E-state index contributed by atoms with van der Waals surface area (Å²) < 4.78 is 0. The van der Waals surface area contributed by atoms with Crippen LogP contribution in [0.5, 0.6) is 0 Å². The molecule has 3 N–H and O–H groups in total. The highest BCUT2D eigenvalue weighted by molar-refractivity contribution is 5.79. The molecule has 0 aromatic carbocycles. The van der Waals surface area contributed by atoms with Crippen LogP contribution in [-0.4, -0.2) is 11.9 Å². The average Bonchev–Trinajstić information content (AvgIpc) is 2.21. The minimum absolute atomic E-state index is 0.102. The second-order valence-electron chi connectivity index (χ2n) is 4.70. The second kappa shape index (κ2) is 7.31. The van der Waals surface area contributed by atoms with E-state index >= 15 is 0 Å². The normalized spacial score (nSPS) is 14.6. The molecule has 0 radical (unpaired) electrons. The molecule has 1 amide bonds. The van der Waals surface area contributed by atoms with Crippen LogP contribution < -0.4 is 11.1 Å². The first-order valence-corrected chi connectivity index (χ1v) is 6.18. The Bertz CT molecular complexity index is 236. The molecule has 0 saturated carbocycles. The van der Waals surface area contributed by atoms with E-state index in [1.165, 1.54) is 0 Å². The zero-order valence-corrected chi connectivity index (χ0v) is 11.0. The van der Waals surface area contributed by atoms with Crippen molar-refractivity contribution in [1.82, 2.24) is 5.32 Å². The molecule has 0 fully saturated rings. The Hall–Kier alpha value is -0.990. The Morgan fingerprint density at radius 1 is 1.38 bits per heavy atom. The van der Waals surface area contributed by atoms with Crippen molar-refractivity contribution in [2.75, 3.05) is 0 Å². The van der Waals surface area contributed by atoms with E-state index in [1.54, 1.807) is 0 Å². The molecule has 0 aliphatic rings. The molecule has 0 spiro atoms. The van der Waals surface area contributed by atoms with Gasteiger partial charge in [0.15, 0.2) is 0 Å². The zero-order chi connectivity index (χ0) is 12.7. The summed E-state index contributed by atoms with van der Waals surface area (Å²) in [7, 11) is 0. The van der Waals surface area contributed by atoms with Crippen molar-refractivity contribution in [3.63, 3.8) is 0 Å². The number of hydrogen-bond donors (Lipinski definition) is 2. The van der Waals surface area contributed by atoms with Crippen molar-refractivity contribution < 1.29 is 4.79 Å².